The molecule has 134 valence electrons. The topological polar surface area (TPSA) is 46.3 Å². The molecular weight excluding hydrogens is 334 g/mol. The fraction of sp³-hybridized carbons (Fsp3) is 0.227. The van der Waals surface area contributed by atoms with Gasteiger partial charge in [-0.1, -0.05) is 36.4 Å². The van der Waals surface area contributed by atoms with Gasteiger partial charge in [0.15, 0.2) is 5.82 Å². The normalized spacial score (nSPS) is 14.4. The van der Waals surface area contributed by atoms with Crippen LogP contribution in [0.2, 0.25) is 0 Å². The van der Waals surface area contributed by atoms with Gasteiger partial charge in [-0.05, 0) is 19.1 Å². The van der Waals surface area contributed by atoms with E-state index in [1.54, 1.807) is 0 Å². The SMILES string of the molecule is Cc1nc(CN2CCc3nc(-c4ccccc4)ncc3C2)c2ccccn12. The molecule has 3 aromatic heterocycles. The molecule has 0 saturated heterocycles. The molecule has 0 radical (unpaired) electrons. The molecule has 0 fully saturated rings. The maximum absolute atomic E-state index is 4.82. The summed E-state index contributed by atoms with van der Waals surface area (Å²) in [7, 11) is 0. The van der Waals surface area contributed by atoms with E-state index in [9.17, 15) is 0 Å². The summed E-state index contributed by atoms with van der Waals surface area (Å²) in [6.07, 6.45) is 5.02. The number of imidazole rings is 1. The molecule has 1 aliphatic rings. The van der Waals surface area contributed by atoms with Gasteiger partial charge in [0.05, 0.1) is 16.9 Å². The van der Waals surface area contributed by atoms with E-state index in [0.717, 1.165) is 49.0 Å². The molecule has 1 aromatic carbocycles. The highest BCUT2D eigenvalue weighted by Gasteiger charge is 2.20. The van der Waals surface area contributed by atoms with Gasteiger partial charge >= 0.3 is 0 Å². The highest BCUT2D eigenvalue weighted by atomic mass is 15.2. The van der Waals surface area contributed by atoms with Crippen LogP contribution in [0.4, 0.5) is 0 Å². The summed E-state index contributed by atoms with van der Waals surface area (Å²) in [6.45, 7) is 4.76. The number of aryl methyl sites for hydroxylation is 1. The summed E-state index contributed by atoms with van der Waals surface area (Å²) < 4.78 is 2.16. The smallest absolute Gasteiger partial charge is 0.159 e. The van der Waals surface area contributed by atoms with E-state index < -0.39 is 0 Å². The number of aromatic nitrogens is 4. The number of hydrogen-bond acceptors (Lipinski definition) is 4. The predicted octanol–water partition coefficient (Wildman–Crippen LogP) is 3.66. The zero-order valence-electron chi connectivity index (χ0n) is 15.3. The number of benzene rings is 1. The van der Waals surface area contributed by atoms with Crippen molar-refractivity contribution in [3.05, 3.63) is 83.7 Å². The largest absolute Gasteiger partial charge is 0.304 e. The van der Waals surface area contributed by atoms with E-state index in [-0.39, 0.29) is 0 Å². The van der Waals surface area contributed by atoms with Gasteiger partial charge < -0.3 is 4.40 Å². The number of nitrogens with zero attached hydrogens (tertiary/aromatic N) is 5. The number of hydrogen-bond donors (Lipinski definition) is 0. The second-order valence-electron chi connectivity index (χ2n) is 7.05. The van der Waals surface area contributed by atoms with Gasteiger partial charge in [0.2, 0.25) is 0 Å². The quantitative estimate of drug-likeness (QED) is 0.563. The molecule has 0 N–H and O–H groups in total. The van der Waals surface area contributed by atoms with Crippen LogP contribution in [0, 0.1) is 6.92 Å². The Balaban J connectivity index is 1.38. The average molecular weight is 355 g/mol. The fourth-order valence-electron chi connectivity index (χ4n) is 3.83. The lowest BCUT2D eigenvalue weighted by Crippen LogP contribution is -2.31. The summed E-state index contributed by atoms with van der Waals surface area (Å²) in [5.74, 6) is 1.85. The van der Waals surface area contributed by atoms with Gasteiger partial charge in [0, 0.05) is 49.6 Å². The molecule has 0 saturated carbocycles. The molecule has 1 aliphatic heterocycles. The number of fused-ring (bicyclic) bond motifs is 2. The van der Waals surface area contributed by atoms with Crippen LogP contribution >= 0.6 is 0 Å². The lowest BCUT2D eigenvalue weighted by molar-refractivity contribution is 0.241. The van der Waals surface area contributed by atoms with Crippen LogP contribution in [0.5, 0.6) is 0 Å². The second-order valence-corrected chi connectivity index (χ2v) is 7.05. The summed E-state index contributed by atoms with van der Waals surface area (Å²) in [5, 5.41) is 0. The van der Waals surface area contributed by atoms with Crippen LogP contribution in [0.1, 0.15) is 22.8 Å². The second kappa shape index (κ2) is 6.59. The molecule has 5 rings (SSSR count). The summed E-state index contributed by atoms with van der Waals surface area (Å²) in [5.41, 5.74) is 5.80. The van der Waals surface area contributed by atoms with Crippen molar-refractivity contribution in [2.24, 2.45) is 0 Å². The first-order chi connectivity index (χ1) is 13.3. The summed E-state index contributed by atoms with van der Waals surface area (Å²) >= 11 is 0. The first-order valence-corrected chi connectivity index (χ1v) is 9.33. The third-order valence-electron chi connectivity index (χ3n) is 5.22. The molecule has 4 heterocycles. The van der Waals surface area contributed by atoms with Crippen molar-refractivity contribution in [1.82, 2.24) is 24.3 Å². The van der Waals surface area contributed by atoms with Gasteiger partial charge in [0.1, 0.15) is 5.82 Å². The minimum Gasteiger partial charge on any atom is -0.304 e. The van der Waals surface area contributed by atoms with E-state index >= 15 is 0 Å². The Hall–Kier alpha value is -3.05. The number of pyridine rings is 1. The van der Waals surface area contributed by atoms with Crippen LogP contribution < -0.4 is 0 Å². The summed E-state index contributed by atoms with van der Waals surface area (Å²) in [6, 6.07) is 16.4. The maximum atomic E-state index is 4.82. The zero-order chi connectivity index (χ0) is 18.2. The van der Waals surface area contributed by atoms with Crippen molar-refractivity contribution >= 4 is 5.52 Å². The molecule has 0 unspecified atom stereocenters. The average Bonchev–Trinajstić information content (AvgIpc) is 3.04. The monoisotopic (exact) mass is 355 g/mol. The molecule has 5 heteroatoms. The number of rotatable bonds is 3. The van der Waals surface area contributed by atoms with E-state index in [4.69, 9.17) is 9.97 Å². The van der Waals surface area contributed by atoms with Crippen LogP contribution in [0.15, 0.2) is 60.9 Å². The van der Waals surface area contributed by atoms with E-state index in [1.807, 2.05) is 30.5 Å². The van der Waals surface area contributed by atoms with Crippen LogP contribution in [0.25, 0.3) is 16.9 Å². The van der Waals surface area contributed by atoms with Crippen LogP contribution in [-0.2, 0) is 19.5 Å². The first kappa shape index (κ1) is 16.1. The Morgan fingerprint density at radius 3 is 2.74 bits per heavy atom. The van der Waals surface area contributed by atoms with Crippen molar-refractivity contribution in [3.63, 3.8) is 0 Å². The summed E-state index contributed by atoms with van der Waals surface area (Å²) in [4.78, 5) is 16.6. The van der Waals surface area contributed by atoms with Gasteiger partial charge in [-0.3, -0.25) is 4.90 Å². The Kier molecular flexibility index (Phi) is 3.94. The van der Waals surface area contributed by atoms with Crippen LogP contribution in [0.3, 0.4) is 0 Å². The third kappa shape index (κ3) is 3.00. The third-order valence-corrected chi connectivity index (χ3v) is 5.22. The van der Waals surface area contributed by atoms with Crippen molar-refractivity contribution in [1.29, 1.82) is 0 Å². The van der Waals surface area contributed by atoms with Gasteiger partial charge in [-0.2, -0.15) is 0 Å². The molecule has 0 spiro atoms. The van der Waals surface area contributed by atoms with Crippen molar-refractivity contribution < 1.29 is 0 Å². The minimum atomic E-state index is 0.818. The van der Waals surface area contributed by atoms with Gasteiger partial charge in [-0.15, -0.1) is 0 Å². The Bertz CT molecular complexity index is 1100. The zero-order valence-corrected chi connectivity index (χ0v) is 15.3. The van der Waals surface area contributed by atoms with Crippen molar-refractivity contribution in [2.45, 2.75) is 26.4 Å². The molecule has 0 bridgehead atoms. The van der Waals surface area contributed by atoms with E-state index in [2.05, 4.69) is 51.7 Å². The Labute approximate surface area is 158 Å². The first-order valence-electron chi connectivity index (χ1n) is 9.33. The molecule has 0 amide bonds. The molecule has 0 atom stereocenters. The highest BCUT2D eigenvalue weighted by Crippen LogP contribution is 2.23. The minimum absolute atomic E-state index is 0.818. The molecule has 0 aliphatic carbocycles. The highest BCUT2D eigenvalue weighted by molar-refractivity contribution is 5.55. The van der Waals surface area contributed by atoms with Crippen molar-refractivity contribution in [2.75, 3.05) is 6.54 Å². The Morgan fingerprint density at radius 2 is 1.85 bits per heavy atom. The molecular formula is C22H21N5. The molecule has 5 nitrogen and oxygen atoms in total. The predicted molar refractivity (Wildman–Crippen MR) is 105 cm³/mol. The fourth-order valence-corrected chi connectivity index (χ4v) is 3.83. The Morgan fingerprint density at radius 1 is 1.00 bits per heavy atom. The standard InChI is InChI=1S/C22H21N5/c1-16-24-20(21-9-5-6-11-27(16)21)15-26-12-10-19-18(14-26)13-23-22(25-19)17-7-3-2-4-8-17/h2-9,11,13H,10,12,14-15H2,1H3. The van der Waals surface area contributed by atoms with Gasteiger partial charge in [-0.25, -0.2) is 15.0 Å². The van der Waals surface area contributed by atoms with E-state index in [1.165, 1.54) is 16.8 Å². The lowest BCUT2D eigenvalue weighted by Gasteiger charge is -2.27. The van der Waals surface area contributed by atoms with Crippen molar-refractivity contribution in [3.8, 4) is 11.4 Å². The van der Waals surface area contributed by atoms with E-state index in [0.29, 0.717) is 0 Å². The van der Waals surface area contributed by atoms with Gasteiger partial charge in [0.25, 0.3) is 0 Å². The molecule has 4 aromatic rings. The van der Waals surface area contributed by atoms with Crippen LogP contribution in [-0.4, -0.2) is 30.8 Å². The maximum Gasteiger partial charge on any atom is 0.159 e. The lowest BCUT2D eigenvalue weighted by atomic mass is 10.1. The molecule has 27 heavy (non-hydrogen) atoms.